The van der Waals surface area contributed by atoms with Crippen molar-refractivity contribution in [1.29, 1.82) is 0 Å². The molecule has 2 N–H and O–H groups in total. The fourth-order valence-corrected chi connectivity index (χ4v) is 3.48. The largest absolute Gasteiger partial charge is 0.387 e. The van der Waals surface area contributed by atoms with Crippen LogP contribution in [0, 0.1) is 0 Å². The van der Waals surface area contributed by atoms with E-state index in [2.05, 4.69) is 4.72 Å². The van der Waals surface area contributed by atoms with Gasteiger partial charge >= 0.3 is 0 Å². The maximum absolute atomic E-state index is 12.1. The molecule has 0 saturated heterocycles. The number of sulfonamides is 1. The van der Waals surface area contributed by atoms with E-state index >= 15 is 0 Å². The molecule has 1 atom stereocenters. The second-order valence-corrected chi connectivity index (χ2v) is 7.04. The second kappa shape index (κ2) is 6.66. The third-order valence-electron chi connectivity index (χ3n) is 2.76. The van der Waals surface area contributed by atoms with Gasteiger partial charge in [-0.1, -0.05) is 53.5 Å². The smallest absolute Gasteiger partial charge is 0.235 e. The Morgan fingerprint density at radius 1 is 1.10 bits per heavy atom. The summed E-state index contributed by atoms with van der Waals surface area (Å²) in [7, 11) is -3.74. The molecule has 4 nitrogen and oxygen atoms in total. The Labute approximate surface area is 133 Å². The van der Waals surface area contributed by atoms with Crippen LogP contribution in [0.4, 0.5) is 5.69 Å². The Morgan fingerprint density at radius 3 is 2.38 bits per heavy atom. The highest BCUT2D eigenvalue weighted by molar-refractivity contribution is 7.92. The number of halogens is 2. The van der Waals surface area contributed by atoms with Crippen LogP contribution in [-0.4, -0.2) is 19.3 Å². The highest BCUT2D eigenvalue weighted by Gasteiger charge is 2.19. The SMILES string of the molecule is O=S(=O)(CC(O)c1ccccc1)Nc1ccc(Cl)cc1Cl. The molecule has 7 heteroatoms. The van der Waals surface area contributed by atoms with E-state index in [-0.39, 0.29) is 10.7 Å². The van der Waals surface area contributed by atoms with Crippen LogP contribution in [0.5, 0.6) is 0 Å². The Morgan fingerprint density at radius 2 is 1.76 bits per heavy atom. The predicted molar refractivity (Wildman–Crippen MR) is 85.3 cm³/mol. The summed E-state index contributed by atoms with van der Waals surface area (Å²) in [6.07, 6.45) is -1.12. The first-order valence-corrected chi connectivity index (χ1v) is 8.47. The third kappa shape index (κ3) is 4.61. The zero-order valence-corrected chi connectivity index (χ0v) is 13.2. The van der Waals surface area contributed by atoms with E-state index in [1.807, 2.05) is 0 Å². The summed E-state index contributed by atoms with van der Waals surface area (Å²) in [6.45, 7) is 0. The second-order valence-electron chi connectivity index (χ2n) is 4.43. The summed E-state index contributed by atoms with van der Waals surface area (Å²) < 4.78 is 26.5. The van der Waals surface area contributed by atoms with Crippen LogP contribution in [0.1, 0.15) is 11.7 Å². The van der Waals surface area contributed by atoms with Crippen LogP contribution >= 0.6 is 23.2 Å². The fourth-order valence-electron chi connectivity index (χ4n) is 1.76. The van der Waals surface area contributed by atoms with Crippen molar-refractivity contribution in [3.05, 3.63) is 64.1 Å². The molecule has 112 valence electrons. The number of hydrogen-bond donors (Lipinski definition) is 2. The average Bonchev–Trinajstić information content (AvgIpc) is 2.42. The van der Waals surface area contributed by atoms with Gasteiger partial charge in [0.15, 0.2) is 0 Å². The molecule has 0 aliphatic heterocycles. The predicted octanol–water partition coefficient (Wildman–Crippen LogP) is 3.47. The van der Waals surface area contributed by atoms with Crippen molar-refractivity contribution in [2.75, 3.05) is 10.5 Å². The molecule has 0 amide bonds. The van der Waals surface area contributed by atoms with Gasteiger partial charge in [0.05, 0.1) is 22.6 Å². The lowest BCUT2D eigenvalue weighted by atomic mass is 10.1. The summed E-state index contributed by atoms with van der Waals surface area (Å²) in [6, 6.07) is 13.0. The molecule has 0 aliphatic carbocycles. The van der Waals surface area contributed by atoms with Crippen molar-refractivity contribution >= 4 is 38.9 Å². The first kappa shape index (κ1) is 16.1. The highest BCUT2D eigenvalue weighted by Crippen LogP contribution is 2.27. The zero-order valence-electron chi connectivity index (χ0n) is 10.8. The molecule has 2 rings (SSSR count). The Hall–Kier alpha value is -1.27. The van der Waals surface area contributed by atoms with Gasteiger partial charge in [0.25, 0.3) is 0 Å². The van der Waals surface area contributed by atoms with E-state index in [0.29, 0.717) is 10.6 Å². The third-order valence-corrected chi connectivity index (χ3v) is 4.59. The molecule has 0 heterocycles. The number of rotatable bonds is 5. The van der Waals surface area contributed by atoms with Crippen LogP contribution in [0.2, 0.25) is 10.0 Å². The monoisotopic (exact) mass is 345 g/mol. The van der Waals surface area contributed by atoms with Gasteiger partial charge in [0, 0.05) is 5.02 Å². The van der Waals surface area contributed by atoms with E-state index in [4.69, 9.17) is 23.2 Å². The molecule has 2 aromatic carbocycles. The standard InChI is InChI=1S/C14H13Cl2NO3S/c15-11-6-7-13(12(16)8-11)17-21(19,20)9-14(18)10-4-2-1-3-5-10/h1-8,14,17-18H,9H2. The van der Waals surface area contributed by atoms with E-state index in [9.17, 15) is 13.5 Å². The Balaban J connectivity index is 2.12. The van der Waals surface area contributed by atoms with Crippen LogP contribution in [-0.2, 0) is 10.0 Å². The van der Waals surface area contributed by atoms with Crippen molar-refractivity contribution in [2.24, 2.45) is 0 Å². The maximum Gasteiger partial charge on any atom is 0.235 e. The molecule has 0 saturated carbocycles. The van der Waals surface area contributed by atoms with Crippen molar-refractivity contribution in [3.8, 4) is 0 Å². The Kier molecular flexibility index (Phi) is 5.11. The number of aliphatic hydroxyl groups is 1. The molecule has 0 aliphatic rings. The zero-order chi connectivity index (χ0) is 15.5. The number of hydrogen-bond acceptors (Lipinski definition) is 3. The lowest BCUT2D eigenvalue weighted by molar-refractivity contribution is 0.202. The van der Waals surface area contributed by atoms with Crippen molar-refractivity contribution in [1.82, 2.24) is 0 Å². The number of anilines is 1. The highest BCUT2D eigenvalue weighted by atomic mass is 35.5. The minimum atomic E-state index is -3.74. The topological polar surface area (TPSA) is 66.4 Å². The van der Waals surface area contributed by atoms with Gasteiger partial charge in [-0.2, -0.15) is 0 Å². The maximum atomic E-state index is 12.1. The van der Waals surface area contributed by atoms with Crippen molar-refractivity contribution < 1.29 is 13.5 Å². The minimum Gasteiger partial charge on any atom is -0.387 e. The number of aliphatic hydroxyl groups excluding tert-OH is 1. The van der Waals surface area contributed by atoms with Crippen LogP contribution < -0.4 is 4.72 Å². The molecule has 0 aromatic heterocycles. The molecule has 0 spiro atoms. The summed E-state index contributed by atoms with van der Waals surface area (Å²) >= 11 is 11.7. The van der Waals surface area contributed by atoms with E-state index in [0.717, 1.165) is 0 Å². The molecule has 0 bridgehead atoms. The van der Waals surface area contributed by atoms with Crippen LogP contribution in [0.15, 0.2) is 48.5 Å². The summed E-state index contributed by atoms with van der Waals surface area (Å²) in [5, 5.41) is 10.6. The van der Waals surface area contributed by atoms with Gasteiger partial charge < -0.3 is 5.11 Å². The summed E-state index contributed by atoms with van der Waals surface area (Å²) in [5.41, 5.74) is 0.756. The Bertz CT molecular complexity index is 720. The van der Waals surface area contributed by atoms with E-state index < -0.39 is 21.9 Å². The van der Waals surface area contributed by atoms with Gasteiger partial charge in [-0.25, -0.2) is 8.42 Å². The summed E-state index contributed by atoms with van der Waals surface area (Å²) in [5.74, 6) is -0.462. The van der Waals surface area contributed by atoms with E-state index in [1.165, 1.54) is 18.2 Å². The quantitative estimate of drug-likeness (QED) is 0.871. The molecule has 2 aromatic rings. The minimum absolute atomic E-state index is 0.195. The van der Waals surface area contributed by atoms with Gasteiger partial charge in [0.2, 0.25) is 10.0 Å². The molecule has 0 radical (unpaired) electrons. The van der Waals surface area contributed by atoms with Crippen molar-refractivity contribution in [3.63, 3.8) is 0 Å². The fraction of sp³-hybridized carbons (Fsp3) is 0.143. The molecular weight excluding hydrogens is 333 g/mol. The molecular formula is C14H13Cl2NO3S. The van der Waals surface area contributed by atoms with E-state index in [1.54, 1.807) is 30.3 Å². The normalized spacial score (nSPS) is 12.9. The van der Waals surface area contributed by atoms with Crippen LogP contribution in [0.25, 0.3) is 0 Å². The van der Waals surface area contributed by atoms with Gasteiger partial charge in [0.1, 0.15) is 0 Å². The summed E-state index contributed by atoms with van der Waals surface area (Å²) in [4.78, 5) is 0. The van der Waals surface area contributed by atoms with Crippen molar-refractivity contribution in [2.45, 2.75) is 6.10 Å². The average molecular weight is 346 g/mol. The lowest BCUT2D eigenvalue weighted by Crippen LogP contribution is -2.21. The molecule has 21 heavy (non-hydrogen) atoms. The molecule has 1 unspecified atom stereocenters. The lowest BCUT2D eigenvalue weighted by Gasteiger charge is -2.14. The number of benzene rings is 2. The van der Waals surface area contributed by atoms with Gasteiger partial charge in [-0.15, -0.1) is 0 Å². The van der Waals surface area contributed by atoms with Gasteiger partial charge in [-0.3, -0.25) is 4.72 Å². The number of nitrogens with one attached hydrogen (secondary N) is 1. The first-order valence-electron chi connectivity index (χ1n) is 6.06. The first-order chi connectivity index (χ1) is 9.87. The van der Waals surface area contributed by atoms with Gasteiger partial charge in [-0.05, 0) is 23.8 Å². The van der Waals surface area contributed by atoms with Crippen LogP contribution in [0.3, 0.4) is 0 Å². The molecule has 0 fully saturated rings.